The minimum atomic E-state index is -1.19. The Morgan fingerprint density at radius 3 is 2.42 bits per heavy atom. The smallest absolute Gasteiger partial charge is 0.417 e. The Hall–Kier alpha value is -3.83. The number of thiocarbonyl (C=S) groups is 1. The van der Waals surface area contributed by atoms with E-state index in [1.165, 1.54) is 23.8 Å². The number of benzene rings is 2. The van der Waals surface area contributed by atoms with Gasteiger partial charge in [-0.15, -0.1) is 0 Å². The van der Waals surface area contributed by atoms with Crippen molar-refractivity contribution < 1.29 is 24.0 Å². The van der Waals surface area contributed by atoms with Crippen molar-refractivity contribution in [2.24, 2.45) is 0 Å². The normalized spacial score (nSPS) is 18.6. The molecule has 2 aromatic rings. The Labute approximate surface area is 226 Å². The van der Waals surface area contributed by atoms with E-state index in [2.05, 4.69) is 22.3 Å². The van der Waals surface area contributed by atoms with Gasteiger partial charge < -0.3 is 14.8 Å². The van der Waals surface area contributed by atoms with E-state index in [0.29, 0.717) is 18.5 Å². The molecular formula is C27H30N4O6S. The summed E-state index contributed by atoms with van der Waals surface area (Å²) in [6.07, 6.45) is 0.119. The van der Waals surface area contributed by atoms with E-state index in [4.69, 9.17) is 21.7 Å². The predicted molar refractivity (Wildman–Crippen MR) is 144 cm³/mol. The monoisotopic (exact) mass is 538 g/mol. The first kappa shape index (κ1) is 27.2. The number of likely N-dealkylation sites (tertiary alicyclic amines) is 1. The summed E-state index contributed by atoms with van der Waals surface area (Å²) < 4.78 is 11.1. The highest BCUT2D eigenvalue weighted by Crippen LogP contribution is 2.39. The molecule has 1 unspecified atom stereocenters. The number of rotatable bonds is 7. The van der Waals surface area contributed by atoms with Crippen LogP contribution in [-0.4, -0.2) is 57.7 Å². The second-order valence-corrected chi connectivity index (χ2v) is 9.51. The summed E-state index contributed by atoms with van der Waals surface area (Å²) in [6.45, 7) is 5.67. The topological polar surface area (TPSA) is 114 Å². The SMILES string of the molecule is CCOC(=O)C1=C(C)NC(=S)N(C(=O)OC2CCN(Cc3ccccc3)CC2)C1c1ccccc1[N+](=O)[O-]. The van der Waals surface area contributed by atoms with E-state index in [-0.39, 0.29) is 34.6 Å². The number of ether oxygens (including phenoxy) is 2. The Bertz CT molecular complexity index is 1240. The number of esters is 1. The van der Waals surface area contributed by atoms with Gasteiger partial charge in [-0.25, -0.2) is 14.5 Å². The Morgan fingerprint density at radius 2 is 1.76 bits per heavy atom. The Morgan fingerprint density at radius 1 is 1.11 bits per heavy atom. The summed E-state index contributed by atoms with van der Waals surface area (Å²) in [6, 6.07) is 14.9. The molecule has 0 radical (unpaired) electrons. The molecule has 0 aromatic heterocycles. The predicted octanol–water partition coefficient (Wildman–Crippen LogP) is 4.46. The van der Waals surface area contributed by atoms with E-state index in [0.717, 1.165) is 24.5 Å². The first-order valence-electron chi connectivity index (χ1n) is 12.5. The summed E-state index contributed by atoms with van der Waals surface area (Å²) in [5.74, 6) is -0.699. The number of nitrogens with one attached hydrogen (secondary N) is 1. The van der Waals surface area contributed by atoms with Gasteiger partial charge in [-0.05, 0) is 50.5 Å². The van der Waals surface area contributed by atoms with Crippen molar-refractivity contribution in [1.82, 2.24) is 15.1 Å². The van der Waals surface area contributed by atoms with Gasteiger partial charge >= 0.3 is 12.1 Å². The number of hydrogen-bond donors (Lipinski definition) is 1. The molecule has 1 atom stereocenters. The van der Waals surface area contributed by atoms with E-state index >= 15 is 0 Å². The highest BCUT2D eigenvalue weighted by molar-refractivity contribution is 7.80. The van der Waals surface area contributed by atoms with Crippen LogP contribution in [0.4, 0.5) is 10.5 Å². The van der Waals surface area contributed by atoms with Gasteiger partial charge in [-0.3, -0.25) is 15.0 Å². The van der Waals surface area contributed by atoms with Crippen LogP contribution < -0.4 is 5.32 Å². The molecule has 11 heteroatoms. The van der Waals surface area contributed by atoms with Crippen LogP contribution in [0.2, 0.25) is 0 Å². The molecule has 200 valence electrons. The van der Waals surface area contributed by atoms with Crippen LogP contribution in [-0.2, 0) is 20.8 Å². The number of amides is 1. The first-order valence-corrected chi connectivity index (χ1v) is 12.9. The minimum absolute atomic E-state index is 0.00906. The van der Waals surface area contributed by atoms with Crippen LogP contribution in [0.5, 0.6) is 0 Å². The van der Waals surface area contributed by atoms with Crippen LogP contribution in [0, 0.1) is 10.1 Å². The lowest BCUT2D eigenvalue weighted by molar-refractivity contribution is -0.385. The molecule has 1 fully saturated rings. The molecule has 0 bridgehead atoms. The highest BCUT2D eigenvalue weighted by Gasteiger charge is 2.44. The van der Waals surface area contributed by atoms with E-state index in [1.54, 1.807) is 19.9 Å². The fraction of sp³-hybridized carbons (Fsp3) is 0.370. The second kappa shape index (κ2) is 12.1. The van der Waals surface area contributed by atoms with Crippen molar-refractivity contribution in [2.45, 2.75) is 45.4 Å². The van der Waals surface area contributed by atoms with Gasteiger partial charge in [0.2, 0.25) is 0 Å². The molecule has 1 saturated heterocycles. The maximum Gasteiger partial charge on any atom is 0.417 e. The third-order valence-corrected chi connectivity index (χ3v) is 6.92. The Balaban J connectivity index is 1.57. The first-order chi connectivity index (χ1) is 18.3. The van der Waals surface area contributed by atoms with Gasteiger partial charge in [-0.2, -0.15) is 0 Å². The van der Waals surface area contributed by atoms with Gasteiger partial charge in [0.1, 0.15) is 12.1 Å². The molecule has 2 aliphatic heterocycles. The zero-order valence-corrected chi connectivity index (χ0v) is 22.1. The molecule has 2 aromatic carbocycles. The number of nitro groups is 1. The minimum Gasteiger partial charge on any atom is -0.463 e. The molecule has 1 amide bonds. The molecule has 0 aliphatic carbocycles. The van der Waals surface area contributed by atoms with Crippen molar-refractivity contribution in [3.8, 4) is 0 Å². The summed E-state index contributed by atoms with van der Waals surface area (Å²) in [4.78, 5) is 41.3. The molecule has 0 spiro atoms. The highest BCUT2D eigenvalue weighted by atomic mass is 32.1. The summed E-state index contributed by atoms with van der Waals surface area (Å²) >= 11 is 5.48. The van der Waals surface area contributed by atoms with Crippen LogP contribution >= 0.6 is 12.2 Å². The number of carbonyl (C=O) groups excluding carboxylic acids is 2. The van der Waals surface area contributed by atoms with Crippen LogP contribution in [0.25, 0.3) is 0 Å². The molecule has 2 heterocycles. The van der Waals surface area contributed by atoms with Gasteiger partial charge in [0.15, 0.2) is 5.11 Å². The van der Waals surface area contributed by atoms with Crippen molar-refractivity contribution in [1.29, 1.82) is 0 Å². The molecule has 1 N–H and O–H groups in total. The maximum absolute atomic E-state index is 13.6. The molecule has 4 rings (SSSR count). The summed E-state index contributed by atoms with van der Waals surface area (Å²) in [5, 5.41) is 14.7. The van der Waals surface area contributed by atoms with Crippen LogP contribution in [0.3, 0.4) is 0 Å². The number of piperidine rings is 1. The molecule has 0 saturated carbocycles. The van der Waals surface area contributed by atoms with Gasteiger partial charge in [0.05, 0.1) is 22.7 Å². The van der Waals surface area contributed by atoms with Crippen LogP contribution in [0.1, 0.15) is 43.9 Å². The van der Waals surface area contributed by atoms with Crippen LogP contribution in [0.15, 0.2) is 65.9 Å². The lowest BCUT2D eigenvalue weighted by Crippen LogP contribution is -2.52. The number of carbonyl (C=O) groups is 2. The van der Waals surface area contributed by atoms with E-state index in [1.807, 2.05) is 18.2 Å². The number of nitro benzene ring substituents is 1. The molecule has 38 heavy (non-hydrogen) atoms. The standard InChI is InChI=1S/C27H30N4O6S/c1-3-36-25(32)23-18(2)28-26(38)30(24(23)21-11-7-8-12-22(21)31(34)35)27(33)37-20-13-15-29(16-14-20)17-19-9-5-4-6-10-19/h4-12,20,24H,3,13-17H2,1-2H3,(H,28,38). The lowest BCUT2D eigenvalue weighted by Gasteiger charge is -2.38. The third-order valence-electron chi connectivity index (χ3n) is 6.62. The number of hydrogen-bond acceptors (Lipinski definition) is 8. The van der Waals surface area contributed by atoms with E-state index in [9.17, 15) is 19.7 Å². The summed E-state index contributed by atoms with van der Waals surface area (Å²) in [7, 11) is 0. The average molecular weight is 539 g/mol. The second-order valence-electron chi connectivity index (χ2n) is 9.12. The fourth-order valence-corrected chi connectivity index (χ4v) is 5.14. The lowest BCUT2D eigenvalue weighted by atomic mass is 9.93. The zero-order chi connectivity index (χ0) is 27.2. The van der Waals surface area contributed by atoms with Gasteiger partial charge in [0, 0.05) is 31.4 Å². The number of allylic oxidation sites excluding steroid dienone is 1. The Kier molecular flexibility index (Phi) is 8.70. The number of para-hydroxylation sites is 1. The molecular weight excluding hydrogens is 508 g/mol. The van der Waals surface area contributed by atoms with Crippen molar-refractivity contribution in [2.75, 3.05) is 19.7 Å². The third kappa shape index (κ3) is 6.00. The van der Waals surface area contributed by atoms with Crippen molar-refractivity contribution in [3.05, 3.63) is 87.1 Å². The maximum atomic E-state index is 13.6. The molecule has 10 nitrogen and oxygen atoms in total. The average Bonchev–Trinajstić information content (AvgIpc) is 2.90. The zero-order valence-electron chi connectivity index (χ0n) is 21.3. The summed E-state index contributed by atoms with van der Waals surface area (Å²) in [5.41, 5.74) is 1.52. The molecule has 2 aliphatic rings. The van der Waals surface area contributed by atoms with Crippen molar-refractivity contribution >= 4 is 35.1 Å². The largest absolute Gasteiger partial charge is 0.463 e. The van der Waals surface area contributed by atoms with Gasteiger partial charge in [0.25, 0.3) is 5.69 Å². The fourth-order valence-electron chi connectivity index (χ4n) is 4.81. The number of nitrogens with zero attached hydrogens (tertiary/aromatic N) is 3. The van der Waals surface area contributed by atoms with Crippen molar-refractivity contribution in [3.63, 3.8) is 0 Å². The quantitative estimate of drug-likeness (QED) is 0.236. The van der Waals surface area contributed by atoms with Gasteiger partial charge in [-0.1, -0.05) is 42.5 Å². The van der Waals surface area contributed by atoms with E-state index < -0.39 is 23.0 Å².